The van der Waals surface area contributed by atoms with Gasteiger partial charge in [0.2, 0.25) is 0 Å². The van der Waals surface area contributed by atoms with Gasteiger partial charge in [-0.25, -0.2) is 4.39 Å². The molecular formula is C9H9FN2O. The third-order valence-corrected chi connectivity index (χ3v) is 1.60. The van der Waals surface area contributed by atoms with Crippen LogP contribution in [0.15, 0.2) is 18.2 Å². The smallest absolute Gasteiger partial charge is 0.124 e. The molecule has 0 radical (unpaired) electrons. The van der Waals surface area contributed by atoms with Crippen LogP contribution in [0.1, 0.15) is 11.1 Å². The first-order valence-electron chi connectivity index (χ1n) is 3.72. The van der Waals surface area contributed by atoms with E-state index in [-0.39, 0.29) is 0 Å². The van der Waals surface area contributed by atoms with Crippen molar-refractivity contribution in [2.45, 2.75) is 6.54 Å². The van der Waals surface area contributed by atoms with E-state index in [1.807, 2.05) is 6.07 Å². The first-order valence-corrected chi connectivity index (χ1v) is 3.72. The van der Waals surface area contributed by atoms with Crippen LogP contribution in [0, 0.1) is 17.1 Å². The first-order chi connectivity index (χ1) is 6.27. The highest BCUT2D eigenvalue weighted by Crippen LogP contribution is 2.09. The van der Waals surface area contributed by atoms with Crippen molar-refractivity contribution in [2.24, 2.45) is 0 Å². The third-order valence-electron chi connectivity index (χ3n) is 1.60. The lowest BCUT2D eigenvalue weighted by Gasteiger charge is -2.03. The molecule has 0 heterocycles. The van der Waals surface area contributed by atoms with Crippen LogP contribution in [-0.2, 0) is 11.4 Å². The van der Waals surface area contributed by atoms with Crippen LogP contribution in [0.5, 0.6) is 0 Å². The number of rotatable bonds is 3. The van der Waals surface area contributed by atoms with Gasteiger partial charge in [0.1, 0.15) is 5.82 Å². The molecule has 0 unspecified atom stereocenters. The minimum atomic E-state index is -0.405. The standard InChI is InChI=1S/C9H9FN2O/c1-13-12-6-7-2-3-9(10)4-8(7)5-11/h2-4,12H,6H2,1H3. The van der Waals surface area contributed by atoms with Gasteiger partial charge in [0, 0.05) is 6.54 Å². The molecule has 0 spiro atoms. The summed E-state index contributed by atoms with van der Waals surface area (Å²) in [5.74, 6) is -0.405. The molecule has 13 heavy (non-hydrogen) atoms. The zero-order valence-electron chi connectivity index (χ0n) is 7.17. The Balaban J connectivity index is 2.88. The maximum Gasteiger partial charge on any atom is 0.124 e. The van der Waals surface area contributed by atoms with Crippen LogP contribution in [0.4, 0.5) is 4.39 Å². The Labute approximate surface area is 75.7 Å². The molecular weight excluding hydrogens is 171 g/mol. The van der Waals surface area contributed by atoms with E-state index in [9.17, 15) is 4.39 Å². The van der Waals surface area contributed by atoms with E-state index < -0.39 is 5.82 Å². The highest BCUT2D eigenvalue weighted by Gasteiger charge is 2.02. The summed E-state index contributed by atoms with van der Waals surface area (Å²) in [6.07, 6.45) is 0. The third kappa shape index (κ3) is 2.51. The average molecular weight is 180 g/mol. The minimum Gasteiger partial charge on any atom is -0.305 e. The van der Waals surface area contributed by atoms with Gasteiger partial charge in [0.15, 0.2) is 0 Å². The van der Waals surface area contributed by atoms with Gasteiger partial charge < -0.3 is 4.84 Å². The van der Waals surface area contributed by atoms with Gasteiger partial charge in [-0.1, -0.05) is 6.07 Å². The van der Waals surface area contributed by atoms with E-state index in [4.69, 9.17) is 5.26 Å². The van der Waals surface area contributed by atoms with Gasteiger partial charge >= 0.3 is 0 Å². The summed E-state index contributed by atoms with van der Waals surface area (Å²) in [6, 6.07) is 5.98. The van der Waals surface area contributed by atoms with Crippen molar-refractivity contribution in [1.82, 2.24) is 5.48 Å². The molecule has 1 aromatic rings. The Bertz CT molecular complexity index is 333. The second kappa shape index (κ2) is 4.55. The molecule has 3 nitrogen and oxygen atoms in total. The Morgan fingerprint density at radius 1 is 1.62 bits per heavy atom. The Morgan fingerprint density at radius 3 is 3.00 bits per heavy atom. The molecule has 0 aromatic heterocycles. The summed E-state index contributed by atoms with van der Waals surface area (Å²) in [6.45, 7) is 0.389. The number of hydrogen-bond acceptors (Lipinski definition) is 3. The zero-order chi connectivity index (χ0) is 9.68. The summed E-state index contributed by atoms with van der Waals surface area (Å²) >= 11 is 0. The van der Waals surface area contributed by atoms with Gasteiger partial charge in [0.25, 0.3) is 0 Å². The quantitative estimate of drug-likeness (QED) is 0.714. The molecule has 0 fully saturated rings. The Kier molecular flexibility index (Phi) is 3.38. The number of halogens is 1. The lowest BCUT2D eigenvalue weighted by atomic mass is 10.1. The van der Waals surface area contributed by atoms with Crippen molar-refractivity contribution in [2.75, 3.05) is 7.11 Å². The molecule has 1 aromatic carbocycles. The number of hydroxylamine groups is 1. The number of nitriles is 1. The summed E-state index contributed by atoms with van der Waals surface area (Å²) in [7, 11) is 1.48. The van der Waals surface area contributed by atoms with Crippen LogP contribution in [0.3, 0.4) is 0 Å². The van der Waals surface area contributed by atoms with Crippen molar-refractivity contribution >= 4 is 0 Å². The molecule has 1 N–H and O–H groups in total. The highest BCUT2D eigenvalue weighted by atomic mass is 19.1. The fourth-order valence-corrected chi connectivity index (χ4v) is 0.957. The lowest BCUT2D eigenvalue weighted by Crippen LogP contribution is -2.11. The van der Waals surface area contributed by atoms with E-state index >= 15 is 0 Å². The van der Waals surface area contributed by atoms with Gasteiger partial charge in [-0.05, 0) is 17.7 Å². The predicted octanol–water partition coefficient (Wildman–Crippen LogP) is 1.35. The SMILES string of the molecule is CONCc1ccc(F)cc1C#N. The second-order valence-corrected chi connectivity index (χ2v) is 2.44. The van der Waals surface area contributed by atoms with Crippen molar-refractivity contribution < 1.29 is 9.23 Å². The van der Waals surface area contributed by atoms with Crippen molar-refractivity contribution in [1.29, 1.82) is 5.26 Å². The molecule has 0 aliphatic carbocycles. The molecule has 0 aliphatic heterocycles. The molecule has 0 atom stereocenters. The van der Waals surface area contributed by atoms with Crippen molar-refractivity contribution in [3.63, 3.8) is 0 Å². The molecule has 4 heteroatoms. The van der Waals surface area contributed by atoms with Crippen LogP contribution < -0.4 is 5.48 Å². The van der Waals surface area contributed by atoms with Gasteiger partial charge in [-0.15, -0.1) is 0 Å². The maximum absolute atomic E-state index is 12.7. The van der Waals surface area contributed by atoms with E-state index in [0.717, 1.165) is 0 Å². The van der Waals surface area contributed by atoms with Crippen LogP contribution >= 0.6 is 0 Å². The normalized spacial score (nSPS) is 9.62. The van der Waals surface area contributed by atoms with Gasteiger partial charge in [-0.3, -0.25) is 0 Å². The topological polar surface area (TPSA) is 45.0 Å². The molecule has 0 aliphatic rings. The fourth-order valence-electron chi connectivity index (χ4n) is 0.957. The summed E-state index contributed by atoms with van der Waals surface area (Å²) < 4.78 is 12.7. The Morgan fingerprint density at radius 2 is 2.38 bits per heavy atom. The maximum atomic E-state index is 12.7. The monoisotopic (exact) mass is 180 g/mol. The largest absolute Gasteiger partial charge is 0.305 e. The van der Waals surface area contributed by atoms with E-state index in [1.165, 1.54) is 19.2 Å². The predicted molar refractivity (Wildman–Crippen MR) is 45.0 cm³/mol. The molecule has 0 bridgehead atoms. The molecule has 68 valence electrons. The van der Waals surface area contributed by atoms with E-state index in [2.05, 4.69) is 10.3 Å². The lowest BCUT2D eigenvalue weighted by molar-refractivity contribution is 0.0866. The van der Waals surface area contributed by atoms with E-state index in [0.29, 0.717) is 17.7 Å². The number of benzene rings is 1. The van der Waals surface area contributed by atoms with Crippen LogP contribution in [0.25, 0.3) is 0 Å². The zero-order valence-corrected chi connectivity index (χ0v) is 7.17. The van der Waals surface area contributed by atoms with Gasteiger partial charge in [0.05, 0.1) is 18.7 Å². The fraction of sp³-hybridized carbons (Fsp3) is 0.222. The number of hydrogen-bond donors (Lipinski definition) is 1. The minimum absolute atomic E-state index is 0.324. The average Bonchev–Trinajstić information content (AvgIpc) is 2.16. The molecule has 1 rings (SSSR count). The Hall–Kier alpha value is -1.44. The number of nitrogens with one attached hydrogen (secondary N) is 1. The summed E-state index contributed by atoms with van der Waals surface area (Å²) in [4.78, 5) is 4.62. The number of nitrogens with zero attached hydrogens (tertiary/aromatic N) is 1. The molecule has 0 amide bonds. The van der Waals surface area contributed by atoms with Crippen LogP contribution in [0.2, 0.25) is 0 Å². The molecule has 0 saturated heterocycles. The van der Waals surface area contributed by atoms with Gasteiger partial charge in [-0.2, -0.15) is 10.7 Å². The molecule has 0 saturated carbocycles. The van der Waals surface area contributed by atoms with Crippen LogP contribution in [-0.4, -0.2) is 7.11 Å². The highest BCUT2D eigenvalue weighted by molar-refractivity contribution is 5.37. The van der Waals surface area contributed by atoms with Crippen molar-refractivity contribution in [3.05, 3.63) is 35.1 Å². The first kappa shape index (κ1) is 9.65. The summed E-state index contributed by atoms with van der Waals surface area (Å²) in [5, 5.41) is 8.66. The van der Waals surface area contributed by atoms with E-state index in [1.54, 1.807) is 6.07 Å². The second-order valence-electron chi connectivity index (χ2n) is 2.44. The summed E-state index contributed by atoms with van der Waals surface area (Å²) in [5.41, 5.74) is 3.62. The van der Waals surface area contributed by atoms with Crippen molar-refractivity contribution in [3.8, 4) is 6.07 Å².